The van der Waals surface area contributed by atoms with Crippen LogP contribution in [0.4, 0.5) is 5.69 Å². The van der Waals surface area contributed by atoms with E-state index in [9.17, 15) is 4.79 Å². The number of hydrogen-bond donors (Lipinski definition) is 2. The number of carbonyl (C=O) groups is 1. The van der Waals surface area contributed by atoms with Crippen LogP contribution in [0, 0.1) is 0 Å². The normalized spacial score (nSPS) is 17.1. The molecule has 2 aromatic rings. The predicted molar refractivity (Wildman–Crippen MR) is 130 cm³/mol. The van der Waals surface area contributed by atoms with Gasteiger partial charge < -0.3 is 19.9 Å². The molecule has 1 fully saturated rings. The number of anilines is 1. The Morgan fingerprint density at radius 3 is 2.87 bits per heavy atom. The zero-order valence-corrected chi connectivity index (χ0v) is 20.1. The topological polar surface area (TPSA) is 98.7 Å². The highest BCUT2D eigenvalue weighted by Gasteiger charge is 2.25. The molecule has 2 aliphatic rings. The van der Waals surface area contributed by atoms with Crippen molar-refractivity contribution in [3.05, 3.63) is 36.4 Å². The molecule has 1 saturated heterocycles. The fourth-order valence-electron chi connectivity index (χ4n) is 4.02. The van der Waals surface area contributed by atoms with Crippen LogP contribution in [-0.4, -0.2) is 71.3 Å². The van der Waals surface area contributed by atoms with Crippen molar-refractivity contribution in [2.24, 2.45) is 4.99 Å². The number of hydrogen-bond acceptors (Lipinski definition) is 5. The molecule has 0 aliphatic carbocycles. The molecule has 10 heteroatoms. The molecule has 2 N–H and O–H groups in total. The molecule has 168 valence electrons. The van der Waals surface area contributed by atoms with Gasteiger partial charge in [0.25, 0.3) is 5.91 Å². The molecule has 0 radical (unpaired) electrons. The smallest absolute Gasteiger partial charge is 0.265 e. The molecule has 9 nitrogen and oxygen atoms in total. The second kappa shape index (κ2) is 11.3. The Hall–Kier alpha value is -2.37. The number of nitrogens with zero attached hydrogens (tertiary/aromatic N) is 5. The van der Waals surface area contributed by atoms with Gasteiger partial charge in [0.1, 0.15) is 17.9 Å². The second-order valence-electron chi connectivity index (χ2n) is 7.52. The first-order valence-electron chi connectivity index (χ1n) is 10.7. The molecule has 0 saturated carbocycles. The third kappa shape index (κ3) is 5.66. The van der Waals surface area contributed by atoms with Gasteiger partial charge in [0.2, 0.25) is 0 Å². The largest absolute Gasteiger partial charge is 0.482 e. The summed E-state index contributed by atoms with van der Waals surface area (Å²) >= 11 is 0. The van der Waals surface area contributed by atoms with Crippen LogP contribution in [0.2, 0.25) is 0 Å². The summed E-state index contributed by atoms with van der Waals surface area (Å²) in [5.74, 6) is 3.12. The van der Waals surface area contributed by atoms with Gasteiger partial charge in [0.05, 0.1) is 5.69 Å². The number of aliphatic imine (C=N–C) groups is 1. The number of rotatable bonds is 6. The van der Waals surface area contributed by atoms with Crippen molar-refractivity contribution in [2.45, 2.75) is 32.1 Å². The summed E-state index contributed by atoms with van der Waals surface area (Å²) in [5, 5.41) is 10.4. The van der Waals surface area contributed by atoms with E-state index in [-0.39, 0.29) is 36.5 Å². The minimum atomic E-state index is -0.000857. The third-order valence-electron chi connectivity index (χ3n) is 5.56. The van der Waals surface area contributed by atoms with Gasteiger partial charge in [-0.3, -0.25) is 14.9 Å². The quantitative estimate of drug-likeness (QED) is 0.253. The number of likely N-dealkylation sites (tertiary alicyclic amines) is 1. The van der Waals surface area contributed by atoms with Gasteiger partial charge in [0.15, 0.2) is 12.6 Å². The second-order valence-corrected chi connectivity index (χ2v) is 7.52. The van der Waals surface area contributed by atoms with Crippen molar-refractivity contribution in [2.75, 3.05) is 44.2 Å². The Kier molecular flexibility index (Phi) is 8.50. The van der Waals surface area contributed by atoms with E-state index in [2.05, 4.69) is 32.3 Å². The minimum absolute atomic E-state index is 0. The van der Waals surface area contributed by atoms with Crippen LogP contribution in [0.3, 0.4) is 0 Å². The number of para-hydroxylation sites is 2. The van der Waals surface area contributed by atoms with Crippen LogP contribution in [-0.2, 0) is 4.79 Å². The number of carbonyl (C=O) groups excluding carboxylic acids is 1. The van der Waals surface area contributed by atoms with Crippen molar-refractivity contribution in [1.29, 1.82) is 0 Å². The molecular weight excluding hydrogens is 509 g/mol. The minimum Gasteiger partial charge on any atom is -0.482 e. The van der Waals surface area contributed by atoms with Crippen molar-refractivity contribution >= 4 is 41.5 Å². The van der Waals surface area contributed by atoms with Crippen LogP contribution >= 0.6 is 24.0 Å². The van der Waals surface area contributed by atoms with E-state index in [1.54, 1.807) is 6.33 Å². The molecule has 0 bridgehead atoms. The first-order chi connectivity index (χ1) is 14.8. The lowest BCUT2D eigenvalue weighted by Gasteiger charge is -2.33. The molecule has 4 rings (SSSR count). The van der Waals surface area contributed by atoms with Crippen molar-refractivity contribution in [3.8, 4) is 5.75 Å². The third-order valence-corrected chi connectivity index (χ3v) is 5.56. The molecule has 1 amide bonds. The van der Waals surface area contributed by atoms with E-state index in [4.69, 9.17) is 9.73 Å². The number of amides is 1. The van der Waals surface area contributed by atoms with Gasteiger partial charge in [-0.2, -0.15) is 5.10 Å². The predicted octanol–water partition coefficient (Wildman–Crippen LogP) is 2.38. The lowest BCUT2D eigenvalue weighted by Crippen LogP contribution is -2.45. The summed E-state index contributed by atoms with van der Waals surface area (Å²) in [6.07, 6.45) is 4.42. The van der Waals surface area contributed by atoms with Crippen molar-refractivity contribution < 1.29 is 9.53 Å². The van der Waals surface area contributed by atoms with Crippen LogP contribution in [0.1, 0.15) is 37.9 Å². The summed E-state index contributed by atoms with van der Waals surface area (Å²) in [7, 11) is 0. The zero-order valence-electron chi connectivity index (χ0n) is 17.8. The Balaban J connectivity index is 0.00000272. The number of piperidine rings is 1. The van der Waals surface area contributed by atoms with Gasteiger partial charge in [-0.25, -0.2) is 4.98 Å². The Labute approximate surface area is 199 Å². The number of benzene rings is 1. The van der Waals surface area contributed by atoms with Crippen LogP contribution in [0.25, 0.3) is 0 Å². The van der Waals surface area contributed by atoms with Crippen LogP contribution < -0.4 is 15.0 Å². The van der Waals surface area contributed by atoms with Crippen molar-refractivity contribution in [3.63, 3.8) is 0 Å². The first kappa shape index (κ1) is 23.3. The molecule has 31 heavy (non-hydrogen) atoms. The highest BCUT2D eigenvalue weighted by molar-refractivity contribution is 14.0. The molecule has 0 unspecified atom stereocenters. The summed E-state index contributed by atoms with van der Waals surface area (Å²) in [6.45, 7) is 6.19. The molecule has 0 spiro atoms. The molecule has 1 aromatic heterocycles. The van der Waals surface area contributed by atoms with E-state index >= 15 is 0 Å². The number of halogens is 1. The standard InChI is InChI=1S/C21H29N7O2.HI/c1-2-22-21(27-12-8-16(9-13-27)20-24-15-25-26-20)23-10-5-11-28-17-6-3-4-7-18(17)30-14-19(28)29;/h3-4,6-7,15-16H,2,5,8-14H2,1H3,(H,22,23)(H,24,25,26);1H. The van der Waals surface area contributed by atoms with E-state index in [1.807, 2.05) is 29.2 Å². The van der Waals surface area contributed by atoms with Gasteiger partial charge in [-0.15, -0.1) is 24.0 Å². The number of aromatic nitrogens is 3. The lowest BCUT2D eigenvalue weighted by atomic mass is 9.96. The Bertz CT molecular complexity index is 866. The van der Waals surface area contributed by atoms with Gasteiger partial charge in [-0.05, 0) is 38.3 Å². The highest BCUT2D eigenvalue weighted by Crippen LogP contribution is 2.31. The van der Waals surface area contributed by atoms with Crippen molar-refractivity contribution in [1.82, 2.24) is 25.4 Å². The number of ether oxygens (including phenoxy) is 1. The summed E-state index contributed by atoms with van der Waals surface area (Å²) in [6, 6.07) is 7.68. The van der Waals surface area contributed by atoms with Crippen LogP contribution in [0.15, 0.2) is 35.6 Å². The van der Waals surface area contributed by atoms with E-state index in [0.29, 0.717) is 19.0 Å². The molecule has 2 aliphatic heterocycles. The Morgan fingerprint density at radius 1 is 1.32 bits per heavy atom. The SMILES string of the molecule is CCNC(=NCCCN1C(=O)COc2ccccc21)N1CCC(c2ncn[nH]2)CC1.I. The highest BCUT2D eigenvalue weighted by atomic mass is 127. The number of guanidine groups is 1. The fraction of sp³-hybridized carbons (Fsp3) is 0.524. The maximum atomic E-state index is 12.3. The number of nitrogens with one attached hydrogen (secondary N) is 2. The summed E-state index contributed by atoms with van der Waals surface area (Å²) < 4.78 is 5.51. The molecule has 1 aromatic carbocycles. The fourth-order valence-corrected chi connectivity index (χ4v) is 4.02. The first-order valence-corrected chi connectivity index (χ1v) is 10.7. The monoisotopic (exact) mass is 539 g/mol. The van der Waals surface area contributed by atoms with E-state index in [1.165, 1.54) is 0 Å². The summed E-state index contributed by atoms with van der Waals surface area (Å²) in [4.78, 5) is 25.5. The maximum Gasteiger partial charge on any atom is 0.265 e. The van der Waals surface area contributed by atoms with E-state index in [0.717, 1.165) is 62.1 Å². The lowest BCUT2D eigenvalue weighted by molar-refractivity contribution is -0.121. The van der Waals surface area contributed by atoms with E-state index < -0.39 is 0 Å². The molecular formula is C21H30IN7O2. The maximum absolute atomic E-state index is 12.3. The average molecular weight is 539 g/mol. The Morgan fingerprint density at radius 2 is 2.13 bits per heavy atom. The average Bonchev–Trinajstić information content (AvgIpc) is 3.32. The van der Waals surface area contributed by atoms with Crippen LogP contribution in [0.5, 0.6) is 5.75 Å². The molecule has 0 atom stereocenters. The van der Waals surface area contributed by atoms with Gasteiger partial charge >= 0.3 is 0 Å². The van der Waals surface area contributed by atoms with Gasteiger partial charge in [-0.1, -0.05) is 12.1 Å². The van der Waals surface area contributed by atoms with Gasteiger partial charge in [0, 0.05) is 38.6 Å². The number of H-pyrrole nitrogens is 1. The zero-order chi connectivity index (χ0) is 20.8. The number of aromatic amines is 1. The summed E-state index contributed by atoms with van der Waals surface area (Å²) in [5.41, 5.74) is 0.846. The molecule has 3 heterocycles. The number of fused-ring (bicyclic) bond motifs is 1.